The molecule has 4 N–H and O–H groups in total. The second kappa shape index (κ2) is 6.49. The molecule has 0 fully saturated rings. The van der Waals surface area contributed by atoms with Crippen LogP contribution in [0.1, 0.15) is 17.5 Å². The number of carboxylic acid groups (broad SMARTS) is 1. The Balaban J connectivity index is 1.99. The van der Waals surface area contributed by atoms with Gasteiger partial charge in [0.25, 0.3) is 0 Å². The Morgan fingerprint density at radius 2 is 2.05 bits per heavy atom. The molecule has 2 atom stereocenters. The lowest BCUT2D eigenvalue weighted by molar-refractivity contribution is -0.142. The summed E-state index contributed by atoms with van der Waals surface area (Å²) in [4.78, 5) is 23.0. The Labute approximate surface area is 116 Å². The number of carbonyl (C=O) groups is 2. The molecular weight excluding hydrogens is 260 g/mol. The summed E-state index contributed by atoms with van der Waals surface area (Å²) in [7, 11) is 0. The quantitative estimate of drug-likeness (QED) is 0.590. The minimum Gasteiger partial charge on any atom is -0.480 e. The SMILES string of the molecule is O=C(O)C(CCO)NC(=O)[C@H]1Cc2ccccc2CN1. The number of hydrogen-bond acceptors (Lipinski definition) is 4. The topological polar surface area (TPSA) is 98.7 Å². The van der Waals surface area contributed by atoms with Gasteiger partial charge in [0.05, 0.1) is 6.04 Å². The summed E-state index contributed by atoms with van der Waals surface area (Å²) in [5, 5.41) is 23.3. The molecule has 108 valence electrons. The predicted octanol–water partition coefficient (Wildman–Crippen LogP) is -0.347. The highest BCUT2D eigenvalue weighted by molar-refractivity contribution is 5.87. The van der Waals surface area contributed by atoms with Gasteiger partial charge < -0.3 is 20.8 Å². The molecule has 6 heteroatoms. The number of aliphatic hydroxyl groups is 1. The molecule has 0 aromatic heterocycles. The fourth-order valence-corrected chi connectivity index (χ4v) is 2.30. The Hall–Kier alpha value is -1.92. The smallest absolute Gasteiger partial charge is 0.326 e. The molecule has 0 bridgehead atoms. The maximum Gasteiger partial charge on any atom is 0.326 e. The van der Waals surface area contributed by atoms with Crippen molar-refractivity contribution in [2.75, 3.05) is 6.61 Å². The van der Waals surface area contributed by atoms with Gasteiger partial charge in [-0.15, -0.1) is 0 Å². The Kier molecular flexibility index (Phi) is 4.70. The van der Waals surface area contributed by atoms with Gasteiger partial charge >= 0.3 is 5.97 Å². The average molecular weight is 278 g/mol. The fraction of sp³-hybridized carbons (Fsp3) is 0.429. The zero-order valence-corrected chi connectivity index (χ0v) is 11.0. The van der Waals surface area contributed by atoms with Crippen LogP contribution in [0.3, 0.4) is 0 Å². The molecule has 6 nitrogen and oxygen atoms in total. The van der Waals surface area contributed by atoms with E-state index in [2.05, 4.69) is 10.6 Å². The van der Waals surface area contributed by atoms with Gasteiger partial charge in [0.1, 0.15) is 6.04 Å². The second-order valence-electron chi connectivity index (χ2n) is 4.82. The molecule has 1 aliphatic heterocycles. The molecule has 1 aromatic rings. The second-order valence-corrected chi connectivity index (χ2v) is 4.82. The van der Waals surface area contributed by atoms with Gasteiger partial charge in [0, 0.05) is 19.6 Å². The van der Waals surface area contributed by atoms with Crippen molar-refractivity contribution in [3.05, 3.63) is 35.4 Å². The molecule has 2 rings (SSSR count). The van der Waals surface area contributed by atoms with Crippen molar-refractivity contribution in [2.45, 2.75) is 31.5 Å². The van der Waals surface area contributed by atoms with Crippen molar-refractivity contribution < 1.29 is 19.8 Å². The van der Waals surface area contributed by atoms with Crippen LogP contribution < -0.4 is 10.6 Å². The van der Waals surface area contributed by atoms with E-state index in [0.29, 0.717) is 13.0 Å². The summed E-state index contributed by atoms with van der Waals surface area (Å²) >= 11 is 0. The number of carbonyl (C=O) groups excluding carboxylic acids is 1. The summed E-state index contributed by atoms with van der Waals surface area (Å²) in [6.07, 6.45) is 0.540. The first-order valence-corrected chi connectivity index (χ1v) is 6.56. The molecule has 1 aliphatic rings. The van der Waals surface area contributed by atoms with Crippen LogP contribution in [0.25, 0.3) is 0 Å². The van der Waals surface area contributed by atoms with Gasteiger partial charge in [-0.3, -0.25) is 4.79 Å². The molecule has 1 aromatic carbocycles. The monoisotopic (exact) mass is 278 g/mol. The lowest BCUT2D eigenvalue weighted by Crippen LogP contribution is -2.52. The third-order valence-corrected chi connectivity index (χ3v) is 3.43. The largest absolute Gasteiger partial charge is 0.480 e. The highest BCUT2D eigenvalue weighted by atomic mass is 16.4. The maximum atomic E-state index is 12.1. The number of amides is 1. The first kappa shape index (κ1) is 14.5. The molecule has 1 amide bonds. The van der Waals surface area contributed by atoms with Crippen molar-refractivity contribution in [1.29, 1.82) is 0 Å². The highest BCUT2D eigenvalue weighted by Crippen LogP contribution is 2.16. The van der Waals surface area contributed by atoms with Gasteiger partial charge in [-0.05, 0) is 17.5 Å². The van der Waals surface area contributed by atoms with Crippen molar-refractivity contribution in [2.24, 2.45) is 0 Å². The van der Waals surface area contributed by atoms with E-state index in [4.69, 9.17) is 10.2 Å². The number of nitrogens with one attached hydrogen (secondary N) is 2. The van der Waals surface area contributed by atoms with Crippen molar-refractivity contribution >= 4 is 11.9 Å². The fourth-order valence-electron chi connectivity index (χ4n) is 2.30. The van der Waals surface area contributed by atoms with Gasteiger partial charge in [-0.2, -0.15) is 0 Å². The summed E-state index contributed by atoms with van der Waals surface area (Å²) in [6, 6.07) is 6.35. The molecule has 0 radical (unpaired) electrons. The van der Waals surface area contributed by atoms with Crippen molar-refractivity contribution in [3.63, 3.8) is 0 Å². The minimum atomic E-state index is -1.14. The molecule has 0 saturated heterocycles. The molecular formula is C14H18N2O4. The predicted molar refractivity (Wildman–Crippen MR) is 72.0 cm³/mol. The van der Waals surface area contributed by atoms with Gasteiger partial charge in [-0.1, -0.05) is 24.3 Å². The van der Waals surface area contributed by atoms with E-state index < -0.39 is 18.1 Å². The minimum absolute atomic E-state index is 0.00435. The van der Waals surface area contributed by atoms with E-state index >= 15 is 0 Å². The number of aliphatic carboxylic acids is 1. The van der Waals surface area contributed by atoms with Crippen LogP contribution in [-0.2, 0) is 22.6 Å². The molecule has 0 aliphatic carbocycles. The Morgan fingerprint density at radius 3 is 2.70 bits per heavy atom. The normalized spacial score (nSPS) is 18.9. The summed E-state index contributed by atoms with van der Waals surface area (Å²) in [6.45, 7) is 0.310. The lowest BCUT2D eigenvalue weighted by Gasteiger charge is -2.26. The van der Waals surface area contributed by atoms with Crippen LogP contribution in [0.4, 0.5) is 0 Å². The van der Waals surface area contributed by atoms with Crippen LogP contribution in [0.2, 0.25) is 0 Å². The Morgan fingerprint density at radius 1 is 1.35 bits per heavy atom. The first-order valence-electron chi connectivity index (χ1n) is 6.56. The lowest BCUT2D eigenvalue weighted by atomic mass is 9.95. The number of carboxylic acids is 1. The molecule has 0 spiro atoms. The highest BCUT2D eigenvalue weighted by Gasteiger charge is 2.27. The Bertz CT molecular complexity index is 504. The van der Waals surface area contributed by atoms with E-state index in [0.717, 1.165) is 11.1 Å². The van der Waals surface area contributed by atoms with Crippen molar-refractivity contribution in [3.8, 4) is 0 Å². The van der Waals surface area contributed by atoms with Crippen LogP contribution in [0.15, 0.2) is 24.3 Å². The number of benzene rings is 1. The van der Waals surface area contributed by atoms with E-state index in [1.807, 2.05) is 24.3 Å². The zero-order chi connectivity index (χ0) is 14.5. The van der Waals surface area contributed by atoms with E-state index in [1.165, 1.54) is 0 Å². The summed E-state index contributed by atoms with van der Waals surface area (Å²) in [5.74, 6) is -1.48. The van der Waals surface area contributed by atoms with E-state index in [9.17, 15) is 9.59 Å². The third kappa shape index (κ3) is 3.34. The van der Waals surface area contributed by atoms with E-state index in [-0.39, 0.29) is 18.9 Å². The maximum absolute atomic E-state index is 12.1. The molecule has 20 heavy (non-hydrogen) atoms. The zero-order valence-electron chi connectivity index (χ0n) is 11.0. The molecule has 0 saturated carbocycles. The van der Waals surface area contributed by atoms with Crippen LogP contribution in [0.5, 0.6) is 0 Å². The number of hydrogen-bond donors (Lipinski definition) is 4. The number of rotatable bonds is 5. The first-order chi connectivity index (χ1) is 9.61. The molecule has 1 unspecified atom stereocenters. The van der Waals surface area contributed by atoms with Crippen LogP contribution >= 0.6 is 0 Å². The van der Waals surface area contributed by atoms with Gasteiger partial charge in [0.15, 0.2) is 0 Å². The van der Waals surface area contributed by atoms with Crippen LogP contribution in [-0.4, -0.2) is 40.8 Å². The average Bonchev–Trinajstić information content (AvgIpc) is 2.46. The summed E-state index contributed by atoms with van der Waals surface area (Å²) < 4.78 is 0. The van der Waals surface area contributed by atoms with E-state index in [1.54, 1.807) is 0 Å². The number of fused-ring (bicyclic) bond motifs is 1. The van der Waals surface area contributed by atoms with Gasteiger partial charge in [-0.25, -0.2) is 4.79 Å². The van der Waals surface area contributed by atoms with Gasteiger partial charge in [0.2, 0.25) is 5.91 Å². The molecule has 1 heterocycles. The third-order valence-electron chi connectivity index (χ3n) is 3.43. The van der Waals surface area contributed by atoms with Crippen molar-refractivity contribution in [1.82, 2.24) is 10.6 Å². The number of aliphatic hydroxyl groups excluding tert-OH is 1. The summed E-state index contributed by atoms with van der Waals surface area (Å²) in [5.41, 5.74) is 2.25. The standard InChI is InChI=1S/C14H18N2O4/c17-6-5-11(14(19)20)16-13(18)12-7-9-3-1-2-4-10(9)8-15-12/h1-4,11-12,15,17H,5-8H2,(H,16,18)(H,19,20)/t11?,12-/m1/s1. The van der Waals surface area contributed by atoms with Crippen LogP contribution in [0, 0.1) is 0 Å².